The van der Waals surface area contributed by atoms with Crippen LogP contribution < -0.4 is 4.57 Å². The molecule has 0 spiro atoms. The number of hydrogen-bond acceptors (Lipinski definition) is 0. The fourth-order valence-electron chi connectivity index (χ4n) is 2.90. The van der Waals surface area contributed by atoms with E-state index in [0.29, 0.717) is 0 Å². The second-order valence-corrected chi connectivity index (χ2v) is 6.16. The fraction of sp³-hybridized carbons (Fsp3) is 0.286. The Balaban J connectivity index is 2.48. The van der Waals surface area contributed by atoms with Crippen molar-refractivity contribution in [3.05, 3.63) is 65.3 Å². The smallest absolute Gasteiger partial charge is 0.200 e. The van der Waals surface area contributed by atoms with Gasteiger partial charge in [-0.25, -0.2) is 4.57 Å². The molecule has 1 aromatic heterocycles. The third-order valence-corrected chi connectivity index (χ3v) is 4.38. The molecule has 0 saturated carbocycles. The molecule has 0 aliphatic carbocycles. The Kier molecular flexibility index (Phi) is 2.89. The van der Waals surface area contributed by atoms with E-state index in [1.165, 1.54) is 0 Å². The molecule has 0 bridgehead atoms. The molecule has 2 aromatic carbocycles. The predicted molar refractivity (Wildman–Crippen MR) is 94.1 cm³/mol. The van der Waals surface area contributed by atoms with E-state index < -0.39 is 5.89 Å². The first-order chi connectivity index (χ1) is 11.6. The zero-order valence-electron chi connectivity index (χ0n) is 16.9. The summed E-state index contributed by atoms with van der Waals surface area (Å²) in [4.78, 5) is 0. The predicted octanol–water partition coefficient (Wildman–Crippen LogP) is 5.07. The van der Waals surface area contributed by atoms with Gasteiger partial charge in [-0.2, -0.15) is 0 Å². The zero-order chi connectivity index (χ0) is 18.5. The third-order valence-electron chi connectivity index (χ3n) is 4.38. The molecule has 0 saturated heterocycles. The largest absolute Gasteiger partial charge is 0.220 e. The minimum Gasteiger partial charge on any atom is -0.200 e. The number of nitrogens with zero attached hydrogens (tertiary/aromatic N) is 1. The summed E-state index contributed by atoms with van der Waals surface area (Å²) in [5.41, 5.74) is 5.20. The highest BCUT2D eigenvalue weighted by Crippen LogP contribution is 2.32. The monoisotopic (exact) mass is 293 g/mol. The highest BCUT2D eigenvalue weighted by atomic mass is 14.9. The van der Waals surface area contributed by atoms with Crippen LogP contribution >= 0.6 is 0 Å². The van der Waals surface area contributed by atoms with Gasteiger partial charge in [0.05, 0.1) is 12.3 Å². The minimum atomic E-state index is -0.694. The summed E-state index contributed by atoms with van der Waals surface area (Å²) in [6.07, 6.45) is 0.196. The number of aryl methyl sites for hydroxylation is 1. The van der Waals surface area contributed by atoms with Gasteiger partial charge in [-0.1, -0.05) is 38.1 Å². The van der Waals surface area contributed by atoms with Crippen molar-refractivity contribution in [1.82, 2.24) is 0 Å². The van der Waals surface area contributed by atoms with Crippen molar-refractivity contribution in [2.75, 3.05) is 0 Å². The Morgan fingerprint density at radius 1 is 1.14 bits per heavy atom. The Hall–Kier alpha value is -2.15. The first-order valence-electron chi connectivity index (χ1n) is 9.13. The molecule has 0 radical (unpaired) electrons. The number of aromatic nitrogens is 1. The highest BCUT2D eigenvalue weighted by molar-refractivity contribution is 5.93. The van der Waals surface area contributed by atoms with E-state index in [1.807, 2.05) is 45.2 Å². The van der Waals surface area contributed by atoms with Gasteiger partial charge < -0.3 is 0 Å². The first kappa shape index (κ1) is 11.4. The Morgan fingerprint density at radius 2 is 1.86 bits per heavy atom. The lowest BCUT2D eigenvalue weighted by Gasteiger charge is -2.14. The van der Waals surface area contributed by atoms with Crippen molar-refractivity contribution in [3.8, 4) is 11.3 Å². The van der Waals surface area contributed by atoms with E-state index in [0.717, 1.165) is 38.7 Å². The van der Waals surface area contributed by atoms with Crippen LogP contribution in [0.1, 0.15) is 40.5 Å². The molecular weight excluding hydrogens is 266 g/mol. The molecular formula is C21H24N+. The topological polar surface area (TPSA) is 3.88 Å². The van der Waals surface area contributed by atoms with E-state index in [1.54, 1.807) is 4.57 Å². The van der Waals surface area contributed by atoms with Crippen molar-refractivity contribution >= 4 is 10.8 Å². The Bertz CT molecular complexity index is 985. The van der Waals surface area contributed by atoms with Gasteiger partial charge in [0.15, 0.2) is 6.17 Å². The van der Waals surface area contributed by atoms with Crippen LogP contribution in [0.25, 0.3) is 22.0 Å². The van der Waals surface area contributed by atoms with Gasteiger partial charge in [0, 0.05) is 7.41 Å². The highest BCUT2D eigenvalue weighted by Gasteiger charge is 2.19. The Labute approximate surface area is 137 Å². The van der Waals surface area contributed by atoms with Gasteiger partial charge in [-0.3, -0.25) is 0 Å². The van der Waals surface area contributed by atoms with Crippen molar-refractivity contribution in [1.29, 1.82) is 0 Å². The van der Waals surface area contributed by atoms with Crippen LogP contribution in [0, 0.1) is 13.8 Å². The Morgan fingerprint density at radius 3 is 2.59 bits per heavy atom. The fourth-order valence-corrected chi connectivity index (χ4v) is 2.90. The molecule has 22 heavy (non-hydrogen) atoms. The lowest BCUT2D eigenvalue weighted by atomic mass is 9.91. The maximum atomic E-state index is 8.42. The molecule has 0 aliphatic rings. The summed E-state index contributed by atoms with van der Waals surface area (Å²) >= 11 is 0. The average Bonchev–Trinajstić information content (AvgIpc) is 2.55. The summed E-state index contributed by atoms with van der Waals surface area (Å²) < 4.78 is 26.8. The molecule has 0 unspecified atom stereocenters. The van der Waals surface area contributed by atoms with Crippen LogP contribution in [0.15, 0.2) is 48.6 Å². The first-order valence-corrected chi connectivity index (χ1v) is 7.63. The van der Waals surface area contributed by atoms with Gasteiger partial charge in [0.25, 0.3) is 0 Å². The summed E-state index contributed by atoms with van der Waals surface area (Å²) in [5.74, 6) is -0.694. The van der Waals surface area contributed by atoms with Crippen LogP contribution in [0.4, 0.5) is 0 Å². The minimum absolute atomic E-state index is 0.196. The third kappa shape index (κ3) is 2.41. The van der Waals surface area contributed by atoms with Crippen LogP contribution in [0.3, 0.4) is 0 Å². The second kappa shape index (κ2) is 5.57. The lowest BCUT2D eigenvalue weighted by molar-refractivity contribution is -0.659. The number of rotatable bonds is 2. The van der Waals surface area contributed by atoms with Gasteiger partial charge in [-0.15, -0.1) is 0 Å². The molecule has 0 amide bonds. The molecule has 3 rings (SSSR count). The average molecular weight is 293 g/mol. The van der Waals surface area contributed by atoms with Crippen LogP contribution in [-0.2, 0) is 7.05 Å². The summed E-state index contributed by atoms with van der Waals surface area (Å²) in [6, 6.07) is 12.2. The normalized spacial score (nSPS) is 13.8. The van der Waals surface area contributed by atoms with E-state index >= 15 is 0 Å². The SMILES string of the molecule is [2H]c1c([2H])[n+](C)c(-c2cc(C([2H])(C)C)cc(C)c2C)c2ccccc12. The number of fused-ring (bicyclic) bond motifs is 1. The van der Waals surface area contributed by atoms with Crippen LogP contribution in [-0.4, -0.2) is 0 Å². The van der Waals surface area contributed by atoms with E-state index in [9.17, 15) is 0 Å². The maximum absolute atomic E-state index is 8.42. The molecule has 0 fully saturated rings. The van der Waals surface area contributed by atoms with Gasteiger partial charge >= 0.3 is 0 Å². The zero-order valence-corrected chi connectivity index (χ0v) is 13.9. The van der Waals surface area contributed by atoms with Crippen LogP contribution in [0.5, 0.6) is 0 Å². The summed E-state index contributed by atoms with van der Waals surface area (Å²) in [5, 5.41) is 1.75. The number of pyridine rings is 1. The molecule has 0 N–H and O–H groups in total. The van der Waals surface area contributed by atoms with Crippen molar-refractivity contribution in [2.24, 2.45) is 7.05 Å². The summed E-state index contributed by atoms with van der Waals surface area (Å²) in [6.45, 7) is 7.93. The van der Waals surface area contributed by atoms with Gasteiger partial charge in [0.1, 0.15) is 8.42 Å². The standard InChI is InChI=1S/C21H24N/c1-14(2)18-12-15(3)16(4)20(13-18)21-19-9-7-6-8-17(19)10-11-22(21)5/h6-14H,1-5H3/q+1/i10D,11D,14D. The molecule has 0 atom stereocenters. The van der Waals surface area contributed by atoms with Gasteiger partial charge in [0.2, 0.25) is 5.69 Å². The van der Waals surface area contributed by atoms with Crippen LogP contribution in [0.2, 0.25) is 0 Å². The molecule has 3 aromatic rings. The molecule has 1 nitrogen and oxygen atoms in total. The maximum Gasteiger partial charge on any atom is 0.220 e. The quantitative estimate of drug-likeness (QED) is 0.581. The molecule has 1 heterocycles. The number of benzene rings is 2. The molecule has 1 heteroatoms. The second-order valence-electron chi connectivity index (χ2n) is 6.16. The lowest BCUT2D eigenvalue weighted by Crippen LogP contribution is -2.30. The van der Waals surface area contributed by atoms with E-state index in [2.05, 4.69) is 26.0 Å². The summed E-state index contributed by atoms with van der Waals surface area (Å²) in [7, 11) is 1.84. The number of hydrogen-bond donors (Lipinski definition) is 0. The van der Waals surface area contributed by atoms with E-state index in [-0.39, 0.29) is 12.2 Å². The molecule has 0 aliphatic heterocycles. The van der Waals surface area contributed by atoms with Crippen molar-refractivity contribution in [2.45, 2.75) is 33.6 Å². The van der Waals surface area contributed by atoms with Crippen molar-refractivity contribution < 1.29 is 8.68 Å². The van der Waals surface area contributed by atoms with E-state index in [4.69, 9.17) is 4.11 Å². The molecule has 112 valence electrons. The van der Waals surface area contributed by atoms with Crippen molar-refractivity contribution in [3.63, 3.8) is 0 Å². The van der Waals surface area contributed by atoms with Gasteiger partial charge in [-0.05, 0) is 54.0 Å².